The van der Waals surface area contributed by atoms with E-state index in [4.69, 9.17) is 10.2 Å². The quantitative estimate of drug-likeness (QED) is 0.367. The highest BCUT2D eigenvalue weighted by Gasteiger charge is 2.14. The number of hydrogen-bond acceptors (Lipinski definition) is 7. The number of rotatable bonds is 8. The number of aliphatic hydroxyl groups is 2. The van der Waals surface area contributed by atoms with Gasteiger partial charge in [-0.05, 0) is 24.3 Å². The van der Waals surface area contributed by atoms with Gasteiger partial charge in [0.15, 0.2) is 0 Å². The number of benzene rings is 1. The minimum atomic E-state index is -0.323. The Bertz CT molecular complexity index is 837. The van der Waals surface area contributed by atoms with Crippen LogP contribution in [-0.2, 0) is 0 Å². The van der Waals surface area contributed by atoms with E-state index in [0.29, 0.717) is 41.6 Å². The lowest BCUT2D eigenvalue weighted by atomic mass is 10.2. The number of fused-ring (bicyclic) bond motifs is 1. The smallest absolute Gasteiger partial charge is 0.226 e. The van der Waals surface area contributed by atoms with Gasteiger partial charge in [0.2, 0.25) is 5.95 Å². The number of hydrogen-bond donors (Lipinski definition) is 6. The molecule has 8 nitrogen and oxygen atoms in total. The molecule has 6 N–H and O–H groups in total. The molecular formula is C16H19FN6O2. The Balaban J connectivity index is 2.00. The molecule has 0 radical (unpaired) electrons. The van der Waals surface area contributed by atoms with E-state index in [9.17, 15) is 4.39 Å². The maximum Gasteiger partial charge on any atom is 0.226 e. The highest BCUT2D eigenvalue weighted by atomic mass is 19.1. The fourth-order valence-electron chi connectivity index (χ4n) is 2.37. The van der Waals surface area contributed by atoms with E-state index in [0.717, 1.165) is 5.69 Å². The van der Waals surface area contributed by atoms with Gasteiger partial charge in [-0.25, -0.2) is 4.39 Å². The predicted octanol–water partition coefficient (Wildman–Crippen LogP) is 1.65. The first kappa shape index (κ1) is 16.9. The average Bonchev–Trinajstić information content (AvgIpc) is 3.03. The molecule has 2 aromatic heterocycles. The predicted molar refractivity (Wildman–Crippen MR) is 94.7 cm³/mol. The van der Waals surface area contributed by atoms with Gasteiger partial charge >= 0.3 is 0 Å². The normalized spacial score (nSPS) is 10.8. The van der Waals surface area contributed by atoms with Crippen molar-refractivity contribution in [2.45, 2.75) is 0 Å². The topological polar surface area (TPSA) is 118 Å². The summed E-state index contributed by atoms with van der Waals surface area (Å²) in [4.78, 5) is 11.9. The minimum absolute atomic E-state index is 0.00953. The van der Waals surface area contributed by atoms with Crippen LogP contribution in [0.15, 0.2) is 30.5 Å². The number of anilines is 4. The number of aliphatic hydroxyl groups excluding tert-OH is 2. The van der Waals surface area contributed by atoms with Crippen LogP contribution in [0.25, 0.3) is 11.0 Å². The number of aromatic nitrogens is 3. The van der Waals surface area contributed by atoms with Gasteiger partial charge in [0.05, 0.1) is 24.3 Å². The number of H-pyrrole nitrogens is 1. The third-order valence-corrected chi connectivity index (χ3v) is 3.46. The first-order valence-electron chi connectivity index (χ1n) is 7.82. The van der Waals surface area contributed by atoms with Crippen LogP contribution < -0.4 is 16.0 Å². The van der Waals surface area contributed by atoms with Crippen molar-refractivity contribution in [3.05, 3.63) is 36.3 Å². The Morgan fingerprint density at radius 1 is 1.00 bits per heavy atom. The number of aromatic amines is 1. The lowest BCUT2D eigenvalue weighted by Gasteiger charge is -2.11. The van der Waals surface area contributed by atoms with E-state index in [-0.39, 0.29) is 19.0 Å². The molecule has 0 unspecified atom stereocenters. The van der Waals surface area contributed by atoms with Crippen molar-refractivity contribution >= 4 is 34.2 Å². The first-order valence-corrected chi connectivity index (χ1v) is 7.82. The number of halogens is 1. The molecule has 3 aromatic rings. The number of nitrogens with one attached hydrogen (secondary N) is 4. The SMILES string of the molecule is OCCNc1nc(Nc2ccc(F)cc2)c2c(NCCO)c[nH]c2n1. The van der Waals surface area contributed by atoms with Crippen LogP contribution in [0.4, 0.5) is 27.5 Å². The average molecular weight is 346 g/mol. The highest BCUT2D eigenvalue weighted by molar-refractivity contribution is 6.00. The van der Waals surface area contributed by atoms with Crippen LogP contribution in [0.5, 0.6) is 0 Å². The molecule has 3 rings (SSSR count). The van der Waals surface area contributed by atoms with Crippen molar-refractivity contribution in [2.75, 3.05) is 42.3 Å². The molecule has 0 spiro atoms. The van der Waals surface area contributed by atoms with Gasteiger partial charge < -0.3 is 31.1 Å². The molecule has 9 heteroatoms. The first-order chi connectivity index (χ1) is 12.2. The van der Waals surface area contributed by atoms with Crippen molar-refractivity contribution in [1.82, 2.24) is 15.0 Å². The van der Waals surface area contributed by atoms with Crippen LogP contribution in [0.1, 0.15) is 0 Å². The van der Waals surface area contributed by atoms with Crippen LogP contribution in [0.2, 0.25) is 0 Å². The Morgan fingerprint density at radius 3 is 2.44 bits per heavy atom. The Hall–Kier alpha value is -2.91. The maximum atomic E-state index is 13.1. The van der Waals surface area contributed by atoms with E-state index in [2.05, 4.69) is 30.9 Å². The van der Waals surface area contributed by atoms with Crippen LogP contribution in [0, 0.1) is 5.82 Å². The molecule has 0 amide bonds. The van der Waals surface area contributed by atoms with E-state index in [1.807, 2.05) is 0 Å². The molecule has 1 aromatic carbocycles. The summed E-state index contributed by atoms with van der Waals surface area (Å²) in [5, 5.41) is 27.9. The zero-order chi connectivity index (χ0) is 17.6. The molecule has 0 atom stereocenters. The molecule has 25 heavy (non-hydrogen) atoms. The lowest BCUT2D eigenvalue weighted by Crippen LogP contribution is -2.10. The molecular weight excluding hydrogens is 327 g/mol. The van der Waals surface area contributed by atoms with Crippen molar-refractivity contribution < 1.29 is 14.6 Å². The van der Waals surface area contributed by atoms with Gasteiger partial charge in [-0.15, -0.1) is 0 Å². The summed E-state index contributed by atoms with van der Waals surface area (Å²) >= 11 is 0. The minimum Gasteiger partial charge on any atom is -0.395 e. The van der Waals surface area contributed by atoms with Crippen molar-refractivity contribution in [3.63, 3.8) is 0 Å². The summed E-state index contributed by atoms with van der Waals surface area (Å²) in [6, 6.07) is 5.93. The molecule has 0 aliphatic rings. The Morgan fingerprint density at radius 2 is 1.72 bits per heavy atom. The molecule has 132 valence electrons. The Labute approximate surface area is 143 Å². The van der Waals surface area contributed by atoms with Gasteiger partial charge in [-0.2, -0.15) is 9.97 Å². The summed E-state index contributed by atoms with van der Waals surface area (Å²) in [5.41, 5.74) is 1.99. The van der Waals surface area contributed by atoms with Crippen LogP contribution in [-0.4, -0.2) is 51.5 Å². The zero-order valence-electron chi connectivity index (χ0n) is 13.4. The van der Waals surface area contributed by atoms with Gasteiger partial charge in [0.25, 0.3) is 0 Å². The van der Waals surface area contributed by atoms with E-state index >= 15 is 0 Å². The largest absolute Gasteiger partial charge is 0.395 e. The maximum absolute atomic E-state index is 13.1. The summed E-state index contributed by atoms with van der Waals surface area (Å²) in [6.07, 6.45) is 1.74. The second kappa shape index (κ2) is 7.77. The molecule has 0 bridgehead atoms. The van der Waals surface area contributed by atoms with E-state index in [1.54, 1.807) is 18.3 Å². The van der Waals surface area contributed by atoms with Crippen molar-refractivity contribution in [1.29, 1.82) is 0 Å². The van der Waals surface area contributed by atoms with Crippen molar-refractivity contribution in [3.8, 4) is 0 Å². The summed E-state index contributed by atoms with van der Waals surface area (Å²) in [6.45, 7) is 0.645. The Kier molecular flexibility index (Phi) is 5.26. The monoisotopic (exact) mass is 346 g/mol. The lowest BCUT2D eigenvalue weighted by molar-refractivity contribution is 0.310. The zero-order valence-corrected chi connectivity index (χ0v) is 13.4. The fourth-order valence-corrected chi connectivity index (χ4v) is 2.37. The molecule has 0 saturated heterocycles. The summed E-state index contributed by atoms with van der Waals surface area (Å²) < 4.78 is 13.1. The van der Waals surface area contributed by atoms with E-state index < -0.39 is 0 Å². The van der Waals surface area contributed by atoms with Crippen molar-refractivity contribution in [2.24, 2.45) is 0 Å². The van der Waals surface area contributed by atoms with Gasteiger partial charge in [-0.3, -0.25) is 0 Å². The molecule has 0 saturated carbocycles. The van der Waals surface area contributed by atoms with Gasteiger partial charge in [-0.1, -0.05) is 0 Å². The van der Waals surface area contributed by atoms with Crippen LogP contribution in [0.3, 0.4) is 0 Å². The third-order valence-electron chi connectivity index (χ3n) is 3.46. The number of nitrogens with zero attached hydrogens (tertiary/aromatic N) is 2. The standard InChI is InChI=1S/C16H19FN6O2/c17-10-1-3-11(4-2-10)21-15-13-12(18-5-7-24)9-20-14(13)22-16(23-15)19-6-8-25/h1-4,9,18,24-25H,5-8H2,(H3,19,20,21,22,23). The molecule has 2 heterocycles. The third kappa shape index (κ3) is 3.95. The highest BCUT2D eigenvalue weighted by Crippen LogP contribution is 2.31. The molecule has 0 fully saturated rings. The van der Waals surface area contributed by atoms with Gasteiger partial charge in [0, 0.05) is 25.0 Å². The second-order valence-corrected chi connectivity index (χ2v) is 5.25. The summed E-state index contributed by atoms with van der Waals surface area (Å²) in [5.74, 6) is 0.538. The fraction of sp³-hybridized carbons (Fsp3) is 0.250. The summed E-state index contributed by atoms with van der Waals surface area (Å²) in [7, 11) is 0. The van der Waals surface area contributed by atoms with Crippen LogP contribution >= 0.6 is 0 Å². The second-order valence-electron chi connectivity index (χ2n) is 5.25. The molecule has 0 aliphatic carbocycles. The molecule has 0 aliphatic heterocycles. The van der Waals surface area contributed by atoms with Gasteiger partial charge in [0.1, 0.15) is 17.3 Å². The van der Waals surface area contributed by atoms with E-state index in [1.165, 1.54) is 12.1 Å².